The summed E-state index contributed by atoms with van der Waals surface area (Å²) in [5.74, 6) is -0.748. The van der Waals surface area contributed by atoms with Gasteiger partial charge in [-0.2, -0.15) is 0 Å². The van der Waals surface area contributed by atoms with Gasteiger partial charge in [-0.25, -0.2) is 4.39 Å². The predicted molar refractivity (Wildman–Crippen MR) is 66.0 cm³/mol. The lowest BCUT2D eigenvalue weighted by atomic mass is 10.2. The molecule has 2 rings (SSSR count). The van der Waals surface area contributed by atoms with Crippen LogP contribution in [0.25, 0.3) is 0 Å². The van der Waals surface area contributed by atoms with E-state index in [-0.39, 0.29) is 11.5 Å². The van der Waals surface area contributed by atoms with E-state index >= 15 is 0 Å². The molecule has 0 fully saturated rings. The fourth-order valence-electron chi connectivity index (χ4n) is 1.47. The van der Waals surface area contributed by atoms with E-state index < -0.39 is 5.82 Å². The standard InChI is InChI=1S/C13H11FN2O2/c1-16-8-11(6-7-12(16)17)15-13(18)9-2-4-10(14)5-3-9/h2-8H,1H3,(H,15,18). The van der Waals surface area contributed by atoms with Crippen LogP contribution in [-0.2, 0) is 7.05 Å². The van der Waals surface area contributed by atoms with Gasteiger partial charge >= 0.3 is 0 Å². The Morgan fingerprint density at radius 2 is 1.83 bits per heavy atom. The molecule has 18 heavy (non-hydrogen) atoms. The molecule has 1 heterocycles. The maximum absolute atomic E-state index is 12.7. The van der Waals surface area contributed by atoms with Crippen LogP contribution >= 0.6 is 0 Å². The van der Waals surface area contributed by atoms with Crippen molar-refractivity contribution in [1.29, 1.82) is 0 Å². The summed E-state index contributed by atoms with van der Waals surface area (Å²) in [7, 11) is 1.59. The van der Waals surface area contributed by atoms with Crippen molar-refractivity contribution in [3.8, 4) is 0 Å². The molecule has 0 aliphatic rings. The molecule has 0 aliphatic heterocycles. The van der Waals surface area contributed by atoms with E-state index in [1.54, 1.807) is 7.05 Å². The van der Waals surface area contributed by atoms with Crippen molar-refractivity contribution in [2.24, 2.45) is 7.05 Å². The lowest BCUT2D eigenvalue weighted by Gasteiger charge is -2.06. The first-order valence-electron chi connectivity index (χ1n) is 5.30. The van der Waals surface area contributed by atoms with Crippen molar-refractivity contribution >= 4 is 11.6 Å². The molecule has 0 radical (unpaired) electrons. The number of aryl methyl sites for hydroxylation is 1. The number of hydrogen-bond donors (Lipinski definition) is 1. The molecule has 1 aromatic heterocycles. The van der Waals surface area contributed by atoms with Crippen molar-refractivity contribution in [1.82, 2.24) is 4.57 Å². The number of carbonyl (C=O) groups excluding carboxylic acids is 1. The first kappa shape index (κ1) is 12.0. The van der Waals surface area contributed by atoms with E-state index in [1.165, 1.54) is 47.2 Å². The number of rotatable bonds is 2. The summed E-state index contributed by atoms with van der Waals surface area (Å²) < 4.78 is 14.1. The van der Waals surface area contributed by atoms with Crippen molar-refractivity contribution < 1.29 is 9.18 Å². The van der Waals surface area contributed by atoms with Crippen LogP contribution in [0.4, 0.5) is 10.1 Å². The van der Waals surface area contributed by atoms with Crippen LogP contribution in [0.2, 0.25) is 0 Å². The average molecular weight is 246 g/mol. The highest BCUT2D eigenvalue weighted by molar-refractivity contribution is 6.04. The number of hydrogen-bond acceptors (Lipinski definition) is 2. The Morgan fingerprint density at radius 1 is 1.17 bits per heavy atom. The molecule has 0 unspecified atom stereocenters. The molecule has 0 spiro atoms. The summed E-state index contributed by atoms with van der Waals surface area (Å²) in [6.45, 7) is 0. The van der Waals surface area contributed by atoms with Gasteiger partial charge in [-0.15, -0.1) is 0 Å². The maximum atomic E-state index is 12.7. The van der Waals surface area contributed by atoms with Gasteiger partial charge in [0.1, 0.15) is 5.82 Å². The Kier molecular flexibility index (Phi) is 3.23. The Balaban J connectivity index is 2.18. The number of halogens is 1. The normalized spacial score (nSPS) is 10.1. The minimum absolute atomic E-state index is 0.158. The van der Waals surface area contributed by atoms with Gasteiger partial charge in [-0.05, 0) is 30.3 Å². The van der Waals surface area contributed by atoms with Gasteiger partial charge in [0.2, 0.25) is 5.56 Å². The fraction of sp³-hybridized carbons (Fsp3) is 0.0769. The summed E-state index contributed by atoms with van der Waals surface area (Å²) in [4.78, 5) is 23.0. The summed E-state index contributed by atoms with van der Waals surface area (Å²) >= 11 is 0. The molecule has 5 heteroatoms. The molecule has 92 valence electrons. The number of amides is 1. The van der Waals surface area contributed by atoms with E-state index in [9.17, 15) is 14.0 Å². The minimum atomic E-state index is -0.395. The third-order valence-electron chi connectivity index (χ3n) is 2.45. The smallest absolute Gasteiger partial charge is 0.255 e. The van der Waals surface area contributed by atoms with Crippen molar-refractivity contribution in [2.75, 3.05) is 5.32 Å². The average Bonchev–Trinajstić information content (AvgIpc) is 2.34. The number of pyridine rings is 1. The quantitative estimate of drug-likeness (QED) is 0.878. The molecule has 1 amide bonds. The predicted octanol–water partition coefficient (Wildman–Crippen LogP) is 1.78. The van der Waals surface area contributed by atoms with Crippen LogP contribution < -0.4 is 10.9 Å². The van der Waals surface area contributed by atoms with Crippen LogP contribution in [0.1, 0.15) is 10.4 Å². The summed E-state index contributed by atoms with van der Waals surface area (Å²) in [5, 5.41) is 2.62. The molecule has 0 aliphatic carbocycles. The second kappa shape index (κ2) is 4.83. The summed E-state index contributed by atoms with van der Waals surface area (Å²) in [6, 6.07) is 8.11. The zero-order valence-electron chi connectivity index (χ0n) is 9.68. The highest BCUT2D eigenvalue weighted by Crippen LogP contribution is 2.08. The second-order valence-electron chi connectivity index (χ2n) is 3.83. The molecule has 0 saturated heterocycles. The Hall–Kier alpha value is -2.43. The highest BCUT2D eigenvalue weighted by Gasteiger charge is 2.06. The zero-order valence-corrected chi connectivity index (χ0v) is 9.68. The maximum Gasteiger partial charge on any atom is 0.255 e. The molecule has 2 aromatic rings. The Morgan fingerprint density at radius 3 is 2.44 bits per heavy atom. The first-order valence-corrected chi connectivity index (χ1v) is 5.30. The minimum Gasteiger partial charge on any atom is -0.321 e. The van der Waals surface area contributed by atoms with E-state index in [0.717, 1.165) is 0 Å². The van der Waals surface area contributed by atoms with Crippen LogP contribution in [-0.4, -0.2) is 10.5 Å². The van der Waals surface area contributed by atoms with Crippen molar-refractivity contribution in [2.45, 2.75) is 0 Å². The largest absolute Gasteiger partial charge is 0.321 e. The molecule has 0 saturated carbocycles. The number of nitrogens with one attached hydrogen (secondary N) is 1. The van der Waals surface area contributed by atoms with Crippen molar-refractivity contribution in [3.63, 3.8) is 0 Å². The SMILES string of the molecule is Cn1cc(NC(=O)c2ccc(F)cc2)ccc1=O. The van der Waals surface area contributed by atoms with E-state index in [1.807, 2.05) is 0 Å². The van der Waals surface area contributed by atoms with E-state index in [2.05, 4.69) is 5.32 Å². The molecular weight excluding hydrogens is 235 g/mol. The van der Waals surface area contributed by atoms with Gasteiger partial charge in [0.15, 0.2) is 0 Å². The zero-order chi connectivity index (χ0) is 13.1. The van der Waals surface area contributed by atoms with E-state index in [4.69, 9.17) is 0 Å². The van der Waals surface area contributed by atoms with Crippen LogP contribution in [0.5, 0.6) is 0 Å². The van der Waals surface area contributed by atoms with E-state index in [0.29, 0.717) is 11.3 Å². The second-order valence-corrected chi connectivity index (χ2v) is 3.83. The third kappa shape index (κ3) is 2.63. The Bertz CT molecular complexity index is 632. The highest BCUT2D eigenvalue weighted by atomic mass is 19.1. The number of anilines is 1. The molecule has 0 atom stereocenters. The van der Waals surface area contributed by atoms with Gasteiger partial charge in [-0.1, -0.05) is 0 Å². The van der Waals surface area contributed by atoms with Gasteiger partial charge in [0, 0.05) is 24.9 Å². The number of carbonyl (C=O) groups is 1. The molecule has 4 nitrogen and oxygen atoms in total. The third-order valence-corrected chi connectivity index (χ3v) is 2.45. The molecule has 1 N–H and O–H groups in total. The van der Waals surface area contributed by atoms with Crippen LogP contribution in [0.15, 0.2) is 47.4 Å². The lowest BCUT2D eigenvalue weighted by Crippen LogP contribution is -2.17. The molecular formula is C13H11FN2O2. The first-order chi connectivity index (χ1) is 8.56. The number of aromatic nitrogens is 1. The lowest BCUT2D eigenvalue weighted by molar-refractivity contribution is 0.102. The van der Waals surface area contributed by atoms with Crippen LogP contribution in [0.3, 0.4) is 0 Å². The topological polar surface area (TPSA) is 51.1 Å². The van der Waals surface area contributed by atoms with Gasteiger partial charge in [0.05, 0.1) is 5.69 Å². The summed E-state index contributed by atoms with van der Waals surface area (Å²) in [5.41, 5.74) is 0.700. The van der Waals surface area contributed by atoms with Crippen LogP contribution in [0, 0.1) is 5.82 Å². The van der Waals surface area contributed by atoms with Gasteiger partial charge in [0.25, 0.3) is 5.91 Å². The fourth-order valence-corrected chi connectivity index (χ4v) is 1.47. The number of benzene rings is 1. The number of nitrogens with zero attached hydrogens (tertiary/aromatic N) is 1. The molecule has 1 aromatic carbocycles. The molecule has 0 bridgehead atoms. The van der Waals surface area contributed by atoms with Crippen molar-refractivity contribution in [3.05, 3.63) is 64.3 Å². The van der Waals surface area contributed by atoms with Gasteiger partial charge in [-0.3, -0.25) is 9.59 Å². The monoisotopic (exact) mass is 246 g/mol. The summed E-state index contributed by atoms with van der Waals surface area (Å²) in [6.07, 6.45) is 1.52. The Labute approximate surface area is 103 Å². The van der Waals surface area contributed by atoms with Gasteiger partial charge < -0.3 is 9.88 Å².